The fourth-order valence-electron chi connectivity index (χ4n) is 6.41. The molecule has 2 N–H and O–H groups in total. The van der Waals surface area contributed by atoms with Gasteiger partial charge in [-0.25, -0.2) is 4.99 Å². The number of hydrogen-bond donors (Lipinski definition) is 1. The van der Waals surface area contributed by atoms with Crippen LogP contribution in [-0.2, 0) is 17.8 Å². The minimum atomic E-state index is -0.551. The third-order valence-electron chi connectivity index (χ3n) is 9.22. The SMILES string of the molecule is CC1Cc2ccc(C3=CC(C)(C(=O)N(C)CCN(C)C)CC=C3)cc2CN1C1=NC(N)=CCC(N2CCN(C)CC2)=C1. The van der Waals surface area contributed by atoms with Crippen LogP contribution in [-0.4, -0.2) is 110 Å². The predicted molar refractivity (Wildman–Crippen MR) is 173 cm³/mol. The molecule has 8 heteroatoms. The molecule has 3 aliphatic heterocycles. The lowest BCUT2D eigenvalue weighted by Crippen LogP contribution is -2.45. The molecule has 1 aromatic carbocycles. The number of amidine groups is 1. The number of carbonyl (C=O) groups is 1. The van der Waals surface area contributed by atoms with Gasteiger partial charge in [0.05, 0.1) is 5.41 Å². The van der Waals surface area contributed by atoms with Crippen molar-refractivity contribution in [2.75, 3.05) is 67.5 Å². The minimum absolute atomic E-state index is 0.170. The Morgan fingerprint density at radius 1 is 1.12 bits per heavy atom. The summed E-state index contributed by atoms with van der Waals surface area (Å²) in [6, 6.07) is 7.13. The van der Waals surface area contributed by atoms with Gasteiger partial charge in [-0.1, -0.05) is 30.4 Å². The van der Waals surface area contributed by atoms with Crippen LogP contribution in [0, 0.1) is 5.41 Å². The van der Waals surface area contributed by atoms with Gasteiger partial charge >= 0.3 is 0 Å². The Hall–Kier alpha value is -3.36. The Labute approximate surface area is 252 Å². The molecule has 226 valence electrons. The van der Waals surface area contributed by atoms with E-state index in [-0.39, 0.29) is 5.91 Å². The molecule has 0 saturated carbocycles. The molecular weight excluding hydrogens is 522 g/mol. The lowest BCUT2D eigenvalue weighted by atomic mass is 9.78. The first-order chi connectivity index (χ1) is 20.0. The monoisotopic (exact) mass is 571 g/mol. The highest BCUT2D eigenvalue weighted by Crippen LogP contribution is 2.37. The molecule has 1 aliphatic carbocycles. The molecule has 1 saturated heterocycles. The zero-order chi connectivity index (χ0) is 30.0. The van der Waals surface area contributed by atoms with Crippen LogP contribution in [0.4, 0.5) is 0 Å². The van der Waals surface area contributed by atoms with Crippen LogP contribution in [0.25, 0.3) is 5.57 Å². The molecule has 1 amide bonds. The summed E-state index contributed by atoms with van der Waals surface area (Å²) in [6.45, 7) is 10.9. The summed E-state index contributed by atoms with van der Waals surface area (Å²) in [7, 11) is 8.18. The zero-order valence-electron chi connectivity index (χ0n) is 26.4. The first-order valence-corrected chi connectivity index (χ1v) is 15.4. The van der Waals surface area contributed by atoms with Crippen molar-refractivity contribution in [1.29, 1.82) is 0 Å². The number of carbonyl (C=O) groups excluding carboxylic acids is 1. The largest absolute Gasteiger partial charge is 0.384 e. The van der Waals surface area contributed by atoms with Gasteiger partial charge in [0.15, 0.2) is 0 Å². The number of nitrogens with two attached hydrogens (primary N) is 1. The van der Waals surface area contributed by atoms with E-state index in [2.05, 4.69) is 89.1 Å². The van der Waals surface area contributed by atoms with Crippen LogP contribution in [0.1, 0.15) is 43.4 Å². The summed E-state index contributed by atoms with van der Waals surface area (Å²) in [5, 5.41) is 0. The highest BCUT2D eigenvalue weighted by molar-refractivity contribution is 5.95. The smallest absolute Gasteiger partial charge is 0.232 e. The maximum absolute atomic E-state index is 13.5. The van der Waals surface area contributed by atoms with E-state index >= 15 is 0 Å². The van der Waals surface area contributed by atoms with Crippen molar-refractivity contribution >= 4 is 17.3 Å². The van der Waals surface area contributed by atoms with Gasteiger partial charge in [-0.2, -0.15) is 0 Å². The molecule has 0 bridgehead atoms. The van der Waals surface area contributed by atoms with Gasteiger partial charge < -0.3 is 30.2 Å². The average Bonchev–Trinajstić information content (AvgIpc) is 3.16. The molecule has 1 aromatic rings. The van der Waals surface area contributed by atoms with E-state index in [0.29, 0.717) is 18.3 Å². The van der Waals surface area contributed by atoms with E-state index in [4.69, 9.17) is 10.7 Å². The van der Waals surface area contributed by atoms with Crippen molar-refractivity contribution in [3.8, 4) is 0 Å². The second-order valence-corrected chi connectivity index (χ2v) is 13.0. The summed E-state index contributed by atoms with van der Waals surface area (Å²) in [5.74, 6) is 1.72. The van der Waals surface area contributed by atoms with E-state index < -0.39 is 5.41 Å². The molecule has 0 radical (unpaired) electrons. The highest BCUT2D eigenvalue weighted by atomic mass is 16.2. The third-order valence-corrected chi connectivity index (χ3v) is 9.22. The van der Waals surface area contributed by atoms with E-state index in [1.807, 2.05) is 26.0 Å². The lowest BCUT2D eigenvalue weighted by Gasteiger charge is -2.38. The third kappa shape index (κ3) is 6.65. The van der Waals surface area contributed by atoms with Gasteiger partial charge in [-0.05, 0) is 82.2 Å². The zero-order valence-corrected chi connectivity index (χ0v) is 26.4. The van der Waals surface area contributed by atoms with Crippen LogP contribution in [0.3, 0.4) is 0 Å². The number of benzene rings is 1. The van der Waals surface area contributed by atoms with Crippen LogP contribution in [0.15, 0.2) is 65.1 Å². The molecule has 42 heavy (non-hydrogen) atoms. The number of hydrogen-bond acceptors (Lipinski definition) is 7. The van der Waals surface area contributed by atoms with Crippen molar-refractivity contribution < 1.29 is 4.79 Å². The molecule has 5 rings (SSSR count). The normalized spacial score (nSPS) is 24.9. The lowest BCUT2D eigenvalue weighted by molar-refractivity contribution is -0.137. The topological polar surface area (TPSA) is 71.6 Å². The summed E-state index contributed by atoms with van der Waals surface area (Å²) in [6.07, 6.45) is 13.3. The van der Waals surface area contributed by atoms with E-state index in [1.54, 1.807) is 0 Å². The summed E-state index contributed by atoms with van der Waals surface area (Å²) in [4.78, 5) is 29.6. The fraction of sp³-hybridized carbons (Fsp3) is 0.529. The number of amides is 1. The second-order valence-electron chi connectivity index (χ2n) is 13.0. The first-order valence-electron chi connectivity index (χ1n) is 15.4. The first kappa shape index (κ1) is 30.1. The fourth-order valence-corrected chi connectivity index (χ4v) is 6.41. The van der Waals surface area contributed by atoms with E-state index in [9.17, 15) is 4.79 Å². The molecule has 8 nitrogen and oxygen atoms in total. The molecule has 2 unspecified atom stereocenters. The number of rotatable bonds is 6. The average molecular weight is 572 g/mol. The van der Waals surface area contributed by atoms with E-state index in [0.717, 1.165) is 75.6 Å². The van der Waals surface area contributed by atoms with Gasteiger partial charge in [0.25, 0.3) is 0 Å². The predicted octanol–water partition coefficient (Wildman–Crippen LogP) is 3.54. The Balaban J connectivity index is 1.38. The van der Waals surface area contributed by atoms with Crippen LogP contribution < -0.4 is 5.73 Å². The number of nitrogens with zero attached hydrogens (tertiary/aromatic N) is 6. The van der Waals surface area contributed by atoms with Gasteiger partial charge in [0, 0.05) is 77.1 Å². The van der Waals surface area contributed by atoms with Crippen molar-refractivity contribution in [1.82, 2.24) is 24.5 Å². The van der Waals surface area contributed by atoms with Crippen LogP contribution in [0.2, 0.25) is 0 Å². The Kier molecular flexibility index (Phi) is 8.94. The van der Waals surface area contributed by atoms with Crippen molar-refractivity contribution in [2.45, 2.75) is 45.7 Å². The highest BCUT2D eigenvalue weighted by Gasteiger charge is 2.35. The standard InChI is InChI=1S/C34H49N7O/c1-25-20-26-9-10-27(28-8-7-13-34(2,23-28)33(42)39(6)17-14-37(3)4)21-29(26)24-41(25)32-22-30(11-12-31(35)36-32)40-18-15-38(5)16-19-40/h7-10,12,21-23,25H,11,13-20,24,35H2,1-6H3. The summed E-state index contributed by atoms with van der Waals surface area (Å²) in [5.41, 5.74) is 12.1. The van der Waals surface area contributed by atoms with Gasteiger partial charge in [-0.3, -0.25) is 4.79 Å². The molecule has 0 spiro atoms. The Bertz CT molecular complexity index is 1330. The van der Waals surface area contributed by atoms with Crippen LogP contribution >= 0.6 is 0 Å². The van der Waals surface area contributed by atoms with Crippen LogP contribution in [0.5, 0.6) is 0 Å². The number of allylic oxidation sites excluding steroid dienone is 4. The number of piperazine rings is 1. The van der Waals surface area contributed by atoms with Gasteiger partial charge in [0.2, 0.25) is 5.91 Å². The van der Waals surface area contributed by atoms with Gasteiger partial charge in [0.1, 0.15) is 11.7 Å². The van der Waals surface area contributed by atoms with Crippen molar-refractivity contribution in [2.24, 2.45) is 16.1 Å². The summed E-state index contributed by atoms with van der Waals surface area (Å²) >= 11 is 0. The number of likely N-dealkylation sites (N-methyl/N-ethyl adjacent to an activating group) is 3. The Morgan fingerprint density at radius 2 is 1.88 bits per heavy atom. The molecule has 3 heterocycles. The maximum Gasteiger partial charge on any atom is 0.232 e. The maximum atomic E-state index is 13.5. The summed E-state index contributed by atoms with van der Waals surface area (Å²) < 4.78 is 0. The molecule has 2 atom stereocenters. The van der Waals surface area contributed by atoms with Gasteiger partial charge in [-0.15, -0.1) is 0 Å². The molecular formula is C34H49N7O. The minimum Gasteiger partial charge on any atom is -0.384 e. The second kappa shape index (κ2) is 12.5. The number of aliphatic imine (C=N–C) groups is 1. The Morgan fingerprint density at radius 3 is 2.62 bits per heavy atom. The number of fused-ring (bicyclic) bond motifs is 1. The quantitative estimate of drug-likeness (QED) is 0.564. The molecule has 1 fully saturated rings. The van der Waals surface area contributed by atoms with Crippen molar-refractivity contribution in [3.05, 3.63) is 76.8 Å². The van der Waals surface area contributed by atoms with E-state index in [1.165, 1.54) is 16.8 Å². The molecule has 4 aliphatic rings. The van der Waals surface area contributed by atoms with Crippen molar-refractivity contribution in [3.63, 3.8) is 0 Å². The molecule has 0 aromatic heterocycles.